The van der Waals surface area contributed by atoms with Crippen LogP contribution in [-0.4, -0.2) is 93.7 Å². The van der Waals surface area contributed by atoms with E-state index in [2.05, 4.69) is 47.5 Å². The quantitative estimate of drug-likeness (QED) is 0.174. The minimum Gasteiger partial charge on any atom is -0.382 e. The molecule has 19 nitrogen and oxygen atoms in total. The summed E-state index contributed by atoms with van der Waals surface area (Å²) in [5.74, 6) is -0.0980. The number of hydrogen-bond acceptors (Lipinski definition) is 18. The molecule has 3 saturated heterocycles. The molecular weight excluding hydrogens is 699 g/mol. The lowest BCUT2D eigenvalue weighted by Crippen LogP contribution is -2.34. The first-order valence-corrected chi connectivity index (χ1v) is 20.1. The highest BCUT2D eigenvalue weighted by Crippen LogP contribution is 2.64. The average Bonchev–Trinajstić information content (AvgIpc) is 3.76. The molecule has 242 valence electrons. The number of nitrogens with one attached hydrogen (secondary N) is 1. The smallest absolute Gasteiger partial charge is 0.382 e. The van der Waals surface area contributed by atoms with Gasteiger partial charge < -0.3 is 16.2 Å². The van der Waals surface area contributed by atoms with Gasteiger partial charge >= 0.3 is 13.6 Å². The van der Waals surface area contributed by atoms with Crippen LogP contribution in [0.3, 0.4) is 0 Å². The second kappa shape index (κ2) is 11.7. The van der Waals surface area contributed by atoms with Crippen LogP contribution in [0.4, 0.5) is 16.2 Å². The summed E-state index contributed by atoms with van der Waals surface area (Å²) in [6, 6.07) is 0. The summed E-state index contributed by atoms with van der Waals surface area (Å²) >= 11 is 6.26. The summed E-state index contributed by atoms with van der Waals surface area (Å²) < 4.78 is 75.2. The van der Waals surface area contributed by atoms with E-state index in [1.54, 1.807) is 4.57 Å². The molecule has 4 aromatic rings. The first-order valence-electron chi connectivity index (χ1n) is 13.1. The summed E-state index contributed by atoms with van der Waals surface area (Å²) in [6.07, 6.45) is -2.82. The highest BCUT2D eigenvalue weighted by atomic mass is 32.7. The number of hydrogen-bond donors (Lipinski definition) is 4. The molecule has 0 amide bonds. The Morgan fingerprint density at radius 3 is 2.76 bits per heavy atom. The fourth-order valence-corrected chi connectivity index (χ4v) is 10.6. The van der Waals surface area contributed by atoms with Gasteiger partial charge in [0.1, 0.15) is 23.9 Å². The minimum atomic E-state index is -4.16. The molecule has 7 rings (SSSR count). The Bertz CT molecular complexity index is 1930. The number of thioether (sulfide) groups is 1. The van der Waals surface area contributed by atoms with Crippen molar-refractivity contribution < 1.29 is 36.4 Å². The normalized spacial score (nSPS) is 36.0. The van der Waals surface area contributed by atoms with E-state index >= 15 is 4.39 Å². The van der Waals surface area contributed by atoms with Crippen LogP contribution in [0.25, 0.3) is 22.3 Å². The van der Waals surface area contributed by atoms with Gasteiger partial charge in [0.15, 0.2) is 40.5 Å². The van der Waals surface area contributed by atoms with E-state index in [4.69, 9.17) is 34.3 Å². The van der Waals surface area contributed by atoms with Crippen LogP contribution in [0.1, 0.15) is 18.0 Å². The lowest BCUT2D eigenvalue weighted by Gasteiger charge is -2.26. The predicted octanol–water partition coefficient (Wildman–Crippen LogP) is 2.08. The number of halogens is 1. The fraction of sp³-hybridized carbons (Fsp3) is 0.550. The summed E-state index contributed by atoms with van der Waals surface area (Å²) in [6.45, 7) is -8.84. The molecule has 0 saturated carbocycles. The summed E-state index contributed by atoms with van der Waals surface area (Å²) in [4.78, 5) is 31.0. The third kappa shape index (κ3) is 5.76. The van der Waals surface area contributed by atoms with E-state index in [1.165, 1.54) is 24.3 Å². The maximum atomic E-state index is 16.1. The van der Waals surface area contributed by atoms with Crippen LogP contribution in [-0.2, 0) is 32.0 Å². The van der Waals surface area contributed by atoms with Crippen molar-refractivity contribution in [2.45, 2.75) is 47.8 Å². The highest BCUT2D eigenvalue weighted by molar-refractivity contribution is 8.54. The SMILES string of the molecule is CS[P@]1(=O)OC[C@@H]2C[C@@H](O[P@](=O)(S)OC[C@H]3O[C@@H](n4nnc5c(N)ncnc54)[C@@H](F)[C@@H]3O1)[C@H](n1cnc3c(=O)[nH]c(N)nc31)S2. The zero-order valence-electron chi connectivity index (χ0n) is 22.9. The van der Waals surface area contributed by atoms with Crippen molar-refractivity contribution in [2.75, 3.05) is 30.9 Å². The zero-order chi connectivity index (χ0) is 31.7. The molecule has 0 aliphatic carbocycles. The number of nitrogens with zero attached hydrogens (tertiary/aromatic N) is 8. The molecule has 3 aliphatic heterocycles. The largest absolute Gasteiger partial charge is 0.389 e. The molecule has 0 unspecified atom stereocenters. The van der Waals surface area contributed by atoms with Gasteiger partial charge in [-0.15, -0.1) is 16.9 Å². The van der Waals surface area contributed by atoms with Crippen LogP contribution in [0.2, 0.25) is 0 Å². The third-order valence-electron chi connectivity index (χ3n) is 7.23. The molecule has 3 aliphatic rings. The molecule has 0 radical (unpaired) electrons. The van der Waals surface area contributed by atoms with Crippen molar-refractivity contribution in [3.05, 3.63) is 23.0 Å². The van der Waals surface area contributed by atoms with Gasteiger partial charge in [-0.2, -0.15) is 9.67 Å². The second-order valence-electron chi connectivity index (χ2n) is 10.0. The van der Waals surface area contributed by atoms with E-state index in [1.807, 2.05) is 0 Å². The van der Waals surface area contributed by atoms with Crippen LogP contribution < -0.4 is 17.0 Å². The van der Waals surface area contributed by atoms with Crippen molar-refractivity contribution in [2.24, 2.45) is 0 Å². The highest BCUT2D eigenvalue weighted by Gasteiger charge is 2.53. The Morgan fingerprint density at radius 2 is 1.96 bits per heavy atom. The van der Waals surface area contributed by atoms with E-state index in [0.29, 0.717) is 0 Å². The van der Waals surface area contributed by atoms with Crippen molar-refractivity contribution >= 4 is 83.1 Å². The molecule has 25 heteroatoms. The van der Waals surface area contributed by atoms with Gasteiger partial charge in [0.2, 0.25) is 5.95 Å². The maximum absolute atomic E-state index is 16.1. The van der Waals surface area contributed by atoms with E-state index < -0.39 is 67.1 Å². The lowest BCUT2D eigenvalue weighted by atomic mass is 10.1. The van der Waals surface area contributed by atoms with Gasteiger partial charge in [0, 0.05) is 5.25 Å². The van der Waals surface area contributed by atoms with Gasteiger partial charge in [-0.1, -0.05) is 17.5 Å². The van der Waals surface area contributed by atoms with Gasteiger partial charge in [0.25, 0.3) is 5.56 Å². The predicted molar refractivity (Wildman–Crippen MR) is 163 cm³/mol. The molecule has 45 heavy (non-hydrogen) atoms. The number of fused-ring (bicyclic) bond motifs is 5. The van der Waals surface area contributed by atoms with Crippen molar-refractivity contribution in [3.8, 4) is 0 Å². The molecule has 0 spiro atoms. The average molecular weight is 724 g/mol. The Labute approximate surface area is 265 Å². The van der Waals surface area contributed by atoms with Crippen LogP contribution in [0.5, 0.6) is 0 Å². The number of imidazole rings is 1. The number of nitrogen functional groups attached to an aromatic ring is 2. The van der Waals surface area contributed by atoms with Gasteiger partial charge in [0.05, 0.1) is 25.6 Å². The number of thiol groups is 1. The molecule has 7 heterocycles. The Hall–Kier alpha value is -2.33. The van der Waals surface area contributed by atoms with Crippen LogP contribution >= 0.6 is 49.0 Å². The van der Waals surface area contributed by atoms with Gasteiger partial charge in [-0.05, 0) is 24.1 Å². The number of anilines is 2. The first kappa shape index (κ1) is 31.3. The Morgan fingerprint density at radius 1 is 1.13 bits per heavy atom. The number of ether oxygens (including phenoxy) is 1. The van der Waals surface area contributed by atoms with Gasteiger partial charge in [-0.3, -0.25) is 32.4 Å². The Balaban J connectivity index is 1.20. The first-order chi connectivity index (χ1) is 21.4. The van der Waals surface area contributed by atoms with Crippen LogP contribution in [0, 0.1) is 0 Å². The lowest BCUT2D eigenvalue weighted by molar-refractivity contribution is -0.0470. The molecule has 3 fully saturated rings. The number of aromatic amines is 1. The minimum absolute atomic E-state index is 0.0239. The summed E-state index contributed by atoms with van der Waals surface area (Å²) in [5, 5.41) is 6.79. The number of alkyl halides is 1. The molecule has 4 aromatic heterocycles. The number of nitrogens with two attached hydrogens (primary N) is 2. The summed E-state index contributed by atoms with van der Waals surface area (Å²) in [7, 11) is 0. The van der Waals surface area contributed by atoms with E-state index in [0.717, 1.165) is 22.4 Å². The number of aromatic nitrogens is 9. The number of H-pyrrole nitrogens is 1. The van der Waals surface area contributed by atoms with Crippen molar-refractivity contribution in [1.29, 1.82) is 0 Å². The third-order valence-corrected chi connectivity index (χ3v) is 13.7. The molecular formula is C20H24FN11O8P2S3. The monoisotopic (exact) mass is 723 g/mol. The number of rotatable bonds is 3. The van der Waals surface area contributed by atoms with E-state index in [9.17, 15) is 13.9 Å². The molecule has 5 N–H and O–H groups in total. The fourth-order valence-electron chi connectivity index (χ4n) is 5.22. The molecule has 2 bridgehead atoms. The molecule has 9 atom stereocenters. The second-order valence-corrected chi connectivity index (χ2v) is 18.5. The topological polar surface area (TPSA) is 252 Å². The van der Waals surface area contributed by atoms with E-state index in [-0.39, 0.29) is 47.1 Å². The van der Waals surface area contributed by atoms with Crippen LogP contribution in [0.15, 0.2) is 17.4 Å². The van der Waals surface area contributed by atoms with Gasteiger partial charge in [-0.25, -0.2) is 28.5 Å². The van der Waals surface area contributed by atoms with Crippen molar-refractivity contribution in [1.82, 2.24) is 44.5 Å². The zero-order valence-corrected chi connectivity index (χ0v) is 27.2. The molecule has 0 aromatic carbocycles. The standard InChI is InChI=1S/C20H24FN11O8P2S3/c1-44-42(35)37-3-7-2-8(19(45-7)31-6-26-12-16(31)27-20(23)28-17(12)33)39-41(34,43)36-4-9-13(40-42)10(21)18(38-9)32-15-11(29-30-32)14(22)24-5-25-15/h5-10,13,18-19H,2-4H2,1H3,(H,34,43)(H2,22,24,25)(H3,23,27,28,33)/t7-,8+,9+,10-,13+,18+,19+,41+,42+/m0/s1. The Kier molecular flexibility index (Phi) is 8.15. The van der Waals surface area contributed by atoms with Crippen molar-refractivity contribution in [3.63, 3.8) is 0 Å². The maximum Gasteiger partial charge on any atom is 0.389 e. The summed E-state index contributed by atoms with van der Waals surface area (Å²) in [5.41, 5.74) is 11.5.